The quantitative estimate of drug-likeness (QED) is 0.237. The number of amidine groups is 1. The van der Waals surface area contributed by atoms with Crippen LogP contribution in [0.5, 0.6) is 11.5 Å². The molecular formula is C24H21FN8O3. The van der Waals surface area contributed by atoms with Crippen LogP contribution in [0.25, 0.3) is 5.95 Å². The maximum absolute atomic E-state index is 15.7. The normalized spacial score (nSPS) is 11.5. The van der Waals surface area contributed by atoms with E-state index in [0.29, 0.717) is 11.3 Å². The molecule has 12 heteroatoms. The number of benzene rings is 2. The van der Waals surface area contributed by atoms with E-state index in [4.69, 9.17) is 25.9 Å². The van der Waals surface area contributed by atoms with Gasteiger partial charge in [-0.3, -0.25) is 10.4 Å². The molecule has 1 atom stereocenters. The van der Waals surface area contributed by atoms with E-state index >= 15 is 4.39 Å². The van der Waals surface area contributed by atoms with E-state index in [2.05, 4.69) is 20.1 Å². The Balaban J connectivity index is 1.84. The van der Waals surface area contributed by atoms with Gasteiger partial charge in [-0.25, -0.2) is 19.2 Å². The van der Waals surface area contributed by atoms with Crippen molar-refractivity contribution < 1.29 is 13.9 Å². The summed E-state index contributed by atoms with van der Waals surface area (Å²) in [5, 5.41) is 20.8. The van der Waals surface area contributed by atoms with Gasteiger partial charge in [-0.2, -0.15) is 5.26 Å². The number of H-pyrrole nitrogens is 1. The molecule has 4 rings (SSSR count). The third-order valence-electron chi connectivity index (χ3n) is 5.36. The first kappa shape index (κ1) is 24.1. The number of ether oxygens (including phenoxy) is 2. The number of methoxy groups -OCH3 is 1. The predicted octanol–water partition coefficient (Wildman–Crippen LogP) is 2.06. The Morgan fingerprint density at radius 3 is 2.64 bits per heavy atom. The van der Waals surface area contributed by atoms with Crippen molar-refractivity contribution in [2.45, 2.75) is 12.3 Å². The number of nitrogen functional groups attached to an aromatic ring is 1. The predicted molar refractivity (Wildman–Crippen MR) is 127 cm³/mol. The van der Waals surface area contributed by atoms with Gasteiger partial charge in [-0.05, 0) is 24.1 Å². The average molecular weight is 488 g/mol. The molecule has 2 aromatic heterocycles. The largest absolute Gasteiger partial charge is 0.497 e. The number of aromatic amines is 1. The van der Waals surface area contributed by atoms with Gasteiger partial charge in [-0.1, -0.05) is 24.3 Å². The zero-order valence-corrected chi connectivity index (χ0v) is 19.1. The van der Waals surface area contributed by atoms with E-state index in [1.165, 1.54) is 31.6 Å². The van der Waals surface area contributed by atoms with Gasteiger partial charge in [0.05, 0.1) is 13.0 Å². The van der Waals surface area contributed by atoms with Crippen LogP contribution in [0.3, 0.4) is 0 Å². The van der Waals surface area contributed by atoms with Crippen LogP contribution in [0, 0.1) is 22.6 Å². The molecule has 182 valence electrons. The summed E-state index contributed by atoms with van der Waals surface area (Å²) in [4.78, 5) is 23.5. The summed E-state index contributed by atoms with van der Waals surface area (Å²) in [6.07, 6.45) is 3.15. The van der Waals surface area contributed by atoms with E-state index in [0.717, 1.165) is 10.2 Å². The third kappa shape index (κ3) is 5.05. The van der Waals surface area contributed by atoms with Gasteiger partial charge in [0, 0.05) is 29.6 Å². The zero-order valence-electron chi connectivity index (χ0n) is 19.1. The van der Waals surface area contributed by atoms with Crippen LogP contribution < -0.4 is 20.9 Å². The Bertz CT molecular complexity index is 1480. The second-order valence-corrected chi connectivity index (χ2v) is 7.62. The average Bonchev–Trinajstić information content (AvgIpc) is 3.28. The van der Waals surface area contributed by atoms with E-state index in [1.807, 2.05) is 6.07 Å². The van der Waals surface area contributed by atoms with Crippen molar-refractivity contribution in [3.63, 3.8) is 0 Å². The van der Waals surface area contributed by atoms with Gasteiger partial charge < -0.3 is 15.2 Å². The van der Waals surface area contributed by atoms with Crippen molar-refractivity contribution in [3.8, 4) is 23.5 Å². The molecule has 36 heavy (non-hydrogen) atoms. The molecule has 0 aliphatic rings. The number of nitrogens with zero attached hydrogens (tertiary/aromatic N) is 5. The molecule has 0 saturated heterocycles. The minimum atomic E-state index is -0.801. The highest BCUT2D eigenvalue weighted by atomic mass is 19.1. The minimum Gasteiger partial charge on any atom is -0.497 e. The van der Waals surface area contributed by atoms with Gasteiger partial charge in [0.15, 0.2) is 18.2 Å². The molecule has 1 unspecified atom stereocenters. The molecule has 0 spiro atoms. The topological polar surface area (TPSA) is 169 Å². The lowest BCUT2D eigenvalue weighted by molar-refractivity contribution is 0.337. The Morgan fingerprint density at radius 2 is 2.00 bits per heavy atom. The molecule has 2 heterocycles. The Labute approximate surface area is 204 Å². The van der Waals surface area contributed by atoms with Gasteiger partial charge in [0.1, 0.15) is 23.5 Å². The van der Waals surface area contributed by atoms with Crippen LogP contribution in [0.15, 0.2) is 59.7 Å². The number of nitriles is 1. The van der Waals surface area contributed by atoms with Crippen LogP contribution in [0.2, 0.25) is 0 Å². The number of rotatable bonds is 9. The lowest BCUT2D eigenvalue weighted by atomic mass is 9.90. The number of nitrogens with two attached hydrogens (primary N) is 1. The fourth-order valence-electron chi connectivity index (χ4n) is 3.62. The van der Waals surface area contributed by atoms with Crippen LogP contribution in [0.4, 0.5) is 4.39 Å². The standard InChI is InChI=1S/C24H21FN8O3/c1-35-16-12-17(20(25)19(13-16)36-10-7-26)18(11-14-3-5-15(6-4-14)21(27)28)22-31-24(34)33(32-22)23-29-8-2-9-30-23/h2-6,8-9,12-13,18H,10-11H2,1H3,(H3,27,28)(H,31,32,34). The number of hydrogen-bond acceptors (Lipinski definition) is 8. The molecule has 0 bridgehead atoms. The van der Waals surface area contributed by atoms with Crippen molar-refractivity contribution in [2.75, 3.05) is 13.7 Å². The highest BCUT2D eigenvalue weighted by Crippen LogP contribution is 2.36. The summed E-state index contributed by atoms with van der Waals surface area (Å²) in [5.74, 6) is -1.27. The van der Waals surface area contributed by atoms with Crippen LogP contribution in [-0.2, 0) is 6.42 Å². The van der Waals surface area contributed by atoms with Crippen LogP contribution in [0.1, 0.15) is 28.4 Å². The maximum atomic E-state index is 15.7. The first-order chi connectivity index (χ1) is 17.4. The summed E-state index contributed by atoms with van der Waals surface area (Å²) < 4.78 is 27.3. The number of hydrogen-bond donors (Lipinski definition) is 3. The summed E-state index contributed by atoms with van der Waals surface area (Å²) in [5.41, 5.74) is 6.38. The summed E-state index contributed by atoms with van der Waals surface area (Å²) in [6, 6.07) is 13.1. The minimum absolute atomic E-state index is 0.0544. The monoisotopic (exact) mass is 488 g/mol. The fourth-order valence-corrected chi connectivity index (χ4v) is 3.62. The zero-order chi connectivity index (χ0) is 25.7. The highest BCUT2D eigenvalue weighted by Gasteiger charge is 2.27. The van der Waals surface area contributed by atoms with Crippen molar-refractivity contribution in [1.29, 1.82) is 10.7 Å². The van der Waals surface area contributed by atoms with E-state index < -0.39 is 17.4 Å². The van der Waals surface area contributed by atoms with Gasteiger partial charge in [0.2, 0.25) is 0 Å². The molecule has 0 fully saturated rings. The Morgan fingerprint density at radius 1 is 1.28 bits per heavy atom. The van der Waals surface area contributed by atoms with E-state index in [1.54, 1.807) is 30.3 Å². The van der Waals surface area contributed by atoms with Gasteiger partial charge >= 0.3 is 5.69 Å². The molecule has 11 nitrogen and oxygen atoms in total. The Kier molecular flexibility index (Phi) is 7.01. The molecule has 2 aromatic carbocycles. The van der Waals surface area contributed by atoms with Crippen LogP contribution >= 0.6 is 0 Å². The summed E-state index contributed by atoms with van der Waals surface area (Å²) in [6.45, 7) is -0.364. The SMILES string of the molecule is COc1cc(OCC#N)c(F)c(C(Cc2ccc(C(=N)N)cc2)c2nn(-c3ncccn3)c(=O)[nH]2)c1. The van der Waals surface area contributed by atoms with Crippen molar-refractivity contribution in [1.82, 2.24) is 24.7 Å². The maximum Gasteiger partial charge on any atom is 0.350 e. The summed E-state index contributed by atoms with van der Waals surface area (Å²) in [7, 11) is 1.42. The number of aromatic nitrogens is 5. The van der Waals surface area contributed by atoms with Crippen molar-refractivity contribution in [3.05, 3.63) is 93.7 Å². The van der Waals surface area contributed by atoms with Crippen LogP contribution in [-0.4, -0.2) is 44.3 Å². The molecule has 0 saturated carbocycles. The van der Waals surface area contributed by atoms with E-state index in [-0.39, 0.29) is 41.9 Å². The molecule has 4 aromatic rings. The molecule has 0 radical (unpaired) electrons. The second kappa shape index (κ2) is 10.5. The molecular weight excluding hydrogens is 467 g/mol. The van der Waals surface area contributed by atoms with Crippen molar-refractivity contribution in [2.24, 2.45) is 5.73 Å². The molecule has 4 N–H and O–H groups in total. The third-order valence-corrected chi connectivity index (χ3v) is 5.36. The first-order valence-electron chi connectivity index (χ1n) is 10.7. The first-order valence-corrected chi connectivity index (χ1v) is 10.7. The van der Waals surface area contributed by atoms with Gasteiger partial charge in [0.25, 0.3) is 5.95 Å². The Hall–Kier alpha value is -5.05. The fraction of sp³-hybridized carbons (Fsp3) is 0.167. The van der Waals surface area contributed by atoms with E-state index in [9.17, 15) is 4.79 Å². The summed E-state index contributed by atoms with van der Waals surface area (Å²) >= 11 is 0. The second-order valence-electron chi connectivity index (χ2n) is 7.62. The molecule has 0 amide bonds. The molecule has 0 aliphatic carbocycles. The van der Waals surface area contributed by atoms with Gasteiger partial charge in [-0.15, -0.1) is 9.78 Å². The van der Waals surface area contributed by atoms with Crippen molar-refractivity contribution >= 4 is 5.84 Å². The highest BCUT2D eigenvalue weighted by molar-refractivity contribution is 5.94. The lowest BCUT2D eigenvalue weighted by Crippen LogP contribution is -2.18. The molecule has 0 aliphatic heterocycles. The number of nitrogens with one attached hydrogen (secondary N) is 2. The number of halogens is 1. The lowest BCUT2D eigenvalue weighted by Gasteiger charge is -2.19. The smallest absolute Gasteiger partial charge is 0.350 e.